The van der Waals surface area contributed by atoms with Gasteiger partial charge in [0, 0.05) is 13.1 Å². The first-order valence-corrected chi connectivity index (χ1v) is 5.86. The molecule has 2 aliphatic rings. The molecular weight excluding hydrogens is 228 g/mol. The fraction of sp³-hybridized carbons (Fsp3) is 0.909. The van der Waals surface area contributed by atoms with Gasteiger partial charge in [0.1, 0.15) is 6.61 Å². The van der Waals surface area contributed by atoms with Crippen molar-refractivity contribution in [2.75, 3.05) is 39.8 Å². The Balaban J connectivity index is 0.00000128. The number of ether oxygens (including phenoxy) is 1. The number of cyclic esters (lactones) is 1. The van der Waals surface area contributed by atoms with Crippen molar-refractivity contribution in [3.05, 3.63) is 0 Å². The van der Waals surface area contributed by atoms with Gasteiger partial charge in [-0.25, -0.2) is 4.79 Å². The molecule has 0 atom stereocenters. The molecule has 0 N–H and O–H groups in total. The van der Waals surface area contributed by atoms with E-state index in [4.69, 9.17) is 4.74 Å². The van der Waals surface area contributed by atoms with Gasteiger partial charge >= 0.3 is 6.09 Å². The van der Waals surface area contributed by atoms with E-state index in [1.54, 1.807) is 4.90 Å². The number of nitrogens with zero attached hydrogens (tertiary/aromatic N) is 2. The molecule has 2 fully saturated rings. The first-order chi connectivity index (χ1) is 7.25. The van der Waals surface area contributed by atoms with Gasteiger partial charge in [0.25, 0.3) is 0 Å². The highest BCUT2D eigenvalue weighted by Gasteiger charge is 2.23. The standard InChI is InChI=1S/C11H20N2O2.ClH/c1-12(9-10-3-4-10)5-2-6-13-7-8-15-11(13)14;/h10H,2-9H2,1H3;1H. The molecule has 0 radical (unpaired) electrons. The van der Waals surface area contributed by atoms with Crippen LogP contribution >= 0.6 is 12.4 Å². The molecule has 0 aromatic carbocycles. The molecular formula is C11H21ClN2O2. The van der Waals surface area contributed by atoms with Crippen LogP contribution in [0, 0.1) is 5.92 Å². The molecule has 1 aliphatic carbocycles. The summed E-state index contributed by atoms with van der Waals surface area (Å²) in [6.07, 6.45) is 3.73. The van der Waals surface area contributed by atoms with Crippen molar-refractivity contribution in [1.29, 1.82) is 0 Å². The molecule has 1 saturated carbocycles. The molecule has 1 amide bonds. The van der Waals surface area contributed by atoms with Gasteiger partial charge in [-0.15, -0.1) is 12.4 Å². The Kier molecular flexibility index (Phi) is 5.35. The highest BCUT2D eigenvalue weighted by Crippen LogP contribution is 2.29. The minimum absolute atomic E-state index is 0. The van der Waals surface area contributed by atoms with Gasteiger partial charge in [-0.05, 0) is 38.8 Å². The van der Waals surface area contributed by atoms with E-state index in [1.807, 2.05) is 0 Å². The first-order valence-electron chi connectivity index (χ1n) is 5.86. The smallest absolute Gasteiger partial charge is 0.409 e. The summed E-state index contributed by atoms with van der Waals surface area (Å²) in [5, 5.41) is 0. The fourth-order valence-corrected chi connectivity index (χ4v) is 1.99. The van der Waals surface area contributed by atoms with Crippen molar-refractivity contribution in [2.45, 2.75) is 19.3 Å². The van der Waals surface area contributed by atoms with Gasteiger partial charge in [-0.3, -0.25) is 0 Å². The number of hydrogen-bond acceptors (Lipinski definition) is 3. The van der Waals surface area contributed by atoms with Crippen molar-refractivity contribution >= 4 is 18.5 Å². The lowest BCUT2D eigenvalue weighted by atomic mass is 10.3. The quantitative estimate of drug-likeness (QED) is 0.716. The average molecular weight is 249 g/mol. The molecule has 1 saturated heterocycles. The average Bonchev–Trinajstić information content (AvgIpc) is 2.91. The summed E-state index contributed by atoms with van der Waals surface area (Å²) in [6, 6.07) is 0. The van der Waals surface area contributed by atoms with Crippen molar-refractivity contribution in [3.63, 3.8) is 0 Å². The third-order valence-electron chi connectivity index (χ3n) is 3.08. The molecule has 5 heteroatoms. The van der Waals surface area contributed by atoms with Crippen molar-refractivity contribution in [2.24, 2.45) is 5.92 Å². The summed E-state index contributed by atoms with van der Waals surface area (Å²) < 4.78 is 4.87. The summed E-state index contributed by atoms with van der Waals surface area (Å²) in [4.78, 5) is 15.3. The maximum absolute atomic E-state index is 11.1. The Morgan fingerprint density at radius 1 is 1.50 bits per heavy atom. The summed E-state index contributed by atoms with van der Waals surface area (Å²) >= 11 is 0. The first kappa shape index (κ1) is 13.6. The maximum atomic E-state index is 11.1. The molecule has 16 heavy (non-hydrogen) atoms. The van der Waals surface area contributed by atoms with Crippen LogP contribution in [0.3, 0.4) is 0 Å². The second-order valence-corrected chi connectivity index (χ2v) is 4.66. The Hall–Kier alpha value is -0.480. The van der Waals surface area contributed by atoms with Crippen molar-refractivity contribution in [1.82, 2.24) is 9.80 Å². The summed E-state index contributed by atoms with van der Waals surface area (Å²) in [7, 11) is 2.17. The molecule has 1 aliphatic heterocycles. The number of carbonyl (C=O) groups is 1. The third-order valence-corrected chi connectivity index (χ3v) is 3.08. The maximum Gasteiger partial charge on any atom is 0.409 e. The van der Waals surface area contributed by atoms with Crippen LogP contribution < -0.4 is 0 Å². The molecule has 0 bridgehead atoms. The van der Waals surface area contributed by atoms with Crippen LogP contribution in [0.15, 0.2) is 0 Å². The monoisotopic (exact) mass is 248 g/mol. The van der Waals surface area contributed by atoms with E-state index in [9.17, 15) is 4.79 Å². The molecule has 0 aromatic heterocycles. The largest absolute Gasteiger partial charge is 0.448 e. The van der Waals surface area contributed by atoms with Gasteiger partial charge in [-0.2, -0.15) is 0 Å². The number of rotatable bonds is 6. The zero-order valence-electron chi connectivity index (χ0n) is 9.85. The lowest BCUT2D eigenvalue weighted by molar-refractivity contribution is 0.157. The van der Waals surface area contributed by atoms with Crippen molar-refractivity contribution in [3.8, 4) is 0 Å². The molecule has 2 rings (SSSR count). The van der Waals surface area contributed by atoms with E-state index in [1.165, 1.54) is 19.4 Å². The summed E-state index contributed by atoms with van der Waals surface area (Å²) in [5.74, 6) is 0.951. The zero-order chi connectivity index (χ0) is 10.7. The van der Waals surface area contributed by atoms with Gasteiger partial charge in [-0.1, -0.05) is 0 Å². The lowest BCUT2D eigenvalue weighted by Gasteiger charge is -2.18. The van der Waals surface area contributed by atoms with Crippen LogP contribution in [0.4, 0.5) is 4.79 Å². The SMILES string of the molecule is CN(CCCN1CCOC1=O)CC1CC1.Cl. The Labute approximate surface area is 103 Å². The summed E-state index contributed by atoms with van der Waals surface area (Å²) in [6.45, 7) is 4.49. The van der Waals surface area contributed by atoms with Gasteiger partial charge in [0.2, 0.25) is 0 Å². The zero-order valence-corrected chi connectivity index (χ0v) is 10.7. The molecule has 94 valence electrons. The lowest BCUT2D eigenvalue weighted by Crippen LogP contribution is -2.29. The Morgan fingerprint density at radius 2 is 2.25 bits per heavy atom. The summed E-state index contributed by atoms with van der Waals surface area (Å²) in [5.41, 5.74) is 0. The Bertz CT molecular complexity index is 234. The number of hydrogen-bond donors (Lipinski definition) is 0. The minimum Gasteiger partial charge on any atom is -0.448 e. The van der Waals surface area contributed by atoms with Gasteiger partial charge in [0.05, 0.1) is 6.54 Å². The molecule has 0 spiro atoms. The topological polar surface area (TPSA) is 32.8 Å². The highest BCUT2D eigenvalue weighted by molar-refractivity contribution is 5.85. The highest BCUT2D eigenvalue weighted by atomic mass is 35.5. The van der Waals surface area contributed by atoms with Crippen LogP contribution in [0.1, 0.15) is 19.3 Å². The number of halogens is 1. The normalized spacial score (nSPS) is 19.9. The van der Waals surface area contributed by atoms with Gasteiger partial charge < -0.3 is 14.5 Å². The van der Waals surface area contributed by atoms with E-state index < -0.39 is 0 Å². The van der Waals surface area contributed by atoms with Gasteiger partial charge in [0.15, 0.2) is 0 Å². The molecule has 0 aromatic rings. The van der Waals surface area contributed by atoms with E-state index in [0.717, 1.165) is 32.0 Å². The van der Waals surface area contributed by atoms with E-state index in [0.29, 0.717) is 6.61 Å². The van der Waals surface area contributed by atoms with Crippen LogP contribution in [0.5, 0.6) is 0 Å². The predicted octanol–water partition coefficient (Wildman–Crippen LogP) is 1.59. The van der Waals surface area contributed by atoms with Crippen molar-refractivity contribution < 1.29 is 9.53 Å². The van der Waals surface area contributed by atoms with Crippen LogP contribution in [-0.4, -0.2) is 55.7 Å². The van der Waals surface area contributed by atoms with Crippen LogP contribution in [-0.2, 0) is 4.74 Å². The number of carbonyl (C=O) groups excluding carboxylic acids is 1. The van der Waals surface area contributed by atoms with E-state index in [2.05, 4.69) is 11.9 Å². The molecule has 4 nitrogen and oxygen atoms in total. The van der Waals surface area contributed by atoms with E-state index in [-0.39, 0.29) is 18.5 Å². The number of amides is 1. The second-order valence-electron chi connectivity index (χ2n) is 4.66. The Morgan fingerprint density at radius 3 is 2.81 bits per heavy atom. The van der Waals surface area contributed by atoms with Crippen LogP contribution in [0.25, 0.3) is 0 Å². The fourth-order valence-electron chi connectivity index (χ4n) is 1.99. The minimum atomic E-state index is -0.139. The third kappa shape index (κ3) is 4.18. The van der Waals surface area contributed by atoms with E-state index >= 15 is 0 Å². The second kappa shape index (κ2) is 6.30. The predicted molar refractivity (Wildman–Crippen MR) is 65.0 cm³/mol. The molecule has 1 heterocycles. The molecule has 0 unspecified atom stereocenters. The van der Waals surface area contributed by atoms with Crippen LogP contribution in [0.2, 0.25) is 0 Å².